The van der Waals surface area contributed by atoms with Crippen LogP contribution in [0.25, 0.3) is 0 Å². The van der Waals surface area contributed by atoms with Crippen molar-refractivity contribution in [2.24, 2.45) is 0 Å². The van der Waals surface area contributed by atoms with Gasteiger partial charge in [-0.2, -0.15) is 0 Å². The van der Waals surface area contributed by atoms with Crippen molar-refractivity contribution in [3.05, 3.63) is 63.6 Å². The van der Waals surface area contributed by atoms with Crippen molar-refractivity contribution < 1.29 is 23.1 Å². The number of halogens is 4. The Hall–Kier alpha value is -2.18. The first-order valence-corrected chi connectivity index (χ1v) is 7.46. The SMILES string of the molecule is CC(OC(=O)c1c(Cl)cccc1Cl)C(=O)Nc1cc(F)ccc1F. The van der Waals surface area contributed by atoms with E-state index in [2.05, 4.69) is 5.32 Å². The van der Waals surface area contributed by atoms with Crippen LogP contribution in [0.4, 0.5) is 14.5 Å². The number of amides is 1. The number of benzene rings is 2. The molecule has 0 bridgehead atoms. The molecule has 4 nitrogen and oxygen atoms in total. The minimum atomic E-state index is -1.28. The van der Waals surface area contributed by atoms with E-state index in [-0.39, 0.29) is 21.3 Å². The summed E-state index contributed by atoms with van der Waals surface area (Å²) < 4.78 is 31.6. The molecule has 1 amide bonds. The van der Waals surface area contributed by atoms with Gasteiger partial charge >= 0.3 is 5.97 Å². The summed E-state index contributed by atoms with van der Waals surface area (Å²) in [6, 6.07) is 7.02. The van der Waals surface area contributed by atoms with Gasteiger partial charge in [0.05, 0.1) is 21.3 Å². The maximum absolute atomic E-state index is 13.5. The molecular formula is C16H11Cl2F2NO3. The molecule has 0 radical (unpaired) electrons. The summed E-state index contributed by atoms with van der Waals surface area (Å²) in [5.41, 5.74) is -0.448. The number of esters is 1. The number of ether oxygens (including phenoxy) is 1. The quantitative estimate of drug-likeness (QED) is 0.805. The average Bonchev–Trinajstić information content (AvgIpc) is 2.50. The lowest BCUT2D eigenvalue weighted by atomic mass is 10.2. The number of hydrogen-bond acceptors (Lipinski definition) is 3. The number of nitrogens with one attached hydrogen (secondary N) is 1. The maximum Gasteiger partial charge on any atom is 0.341 e. The number of rotatable bonds is 4. The van der Waals surface area contributed by atoms with Crippen LogP contribution in [-0.4, -0.2) is 18.0 Å². The Morgan fingerprint density at radius 3 is 2.38 bits per heavy atom. The molecule has 0 fully saturated rings. The van der Waals surface area contributed by atoms with E-state index < -0.39 is 29.6 Å². The molecule has 8 heteroatoms. The highest BCUT2D eigenvalue weighted by Gasteiger charge is 2.23. The normalized spacial score (nSPS) is 11.7. The van der Waals surface area contributed by atoms with Crippen molar-refractivity contribution in [2.45, 2.75) is 13.0 Å². The van der Waals surface area contributed by atoms with Gasteiger partial charge in [0, 0.05) is 6.07 Å². The maximum atomic E-state index is 13.5. The van der Waals surface area contributed by atoms with Crippen LogP contribution in [0, 0.1) is 11.6 Å². The Morgan fingerprint density at radius 2 is 1.75 bits per heavy atom. The monoisotopic (exact) mass is 373 g/mol. The molecule has 0 saturated heterocycles. The molecule has 0 aliphatic rings. The summed E-state index contributed by atoms with van der Waals surface area (Å²) in [6.07, 6.45) is -1.28. The van der Waals surface area contributed by atoms with Crippen LogP contribution >= 0.6 is 23.2 Å². The number of anilines is 1. The van der Waals surface area contributed by atoms with Crippen molar-refractivity contribution in [2.75, 3.05) is 5.32 Å². The first-order valence-electron chi connectivity index (χ1n) is 6.70. The van der Waals surface area contributed by atoms with Gasteiger partial charge in [-0.15, -0.1) is 0 Å². The van der Waals surface area contributed by atoms with Gasteiger partial charge in [-0.25, -0.2) is 13.6 Å². The van der Waals surface area contributed by atoms with Crippen LogP contribution in [0.5, 0.6) is 0 Å². The Bertz CT molecular complexity index is 779. The van der Waals surface area contributed by atoms with Crippen LogP contribution in [-0.2, 0) is 9.53 Å². The molecule has 0 heterocycles. The fourth-order valence-electron chi connectivity index (χ4n) is 1.79. The van der Waals surface area contributed by atoms with Crippen LogP contribution in [0.2, 0.25) is 10.0 Å². The van der Waals surface area contributed by atoms with Gasteiger partial charge in [0.15, 0.2) is 6.10 Å². The highest BCUT2D eigenvalue weighted by atomic mass is 35.5. The Kier molecular flexibility index (Phi) is 5.75. The summed E-state index contributed by atoms with van der Waals surface area (Å²) in [6.45, 7) is 1.27. The molecule has 1 N–H and O–H groups in total. The summed E-state index contributed by atoms with van der Waals surface area (Å²) in [4.78, 5) is 24.0. The summed E-state index contributed by atoms with van der Waals surface area (Å²) in [5, 5.41) is 2.27. The van der Waals surface area contributed by atoms with Crippen molar-refractivity contribution in [1.29, 1.82) is 0 Å². The Balaban J connectivity index is 2.09. The number of carbonyl (C=O) groups excluding carboxylic acids is 2. The van der Waals surface area contributed by atoms with E-state index in [1.165, 1.54) is 19.1 Å². The lowest BCUT2D eigenvalue weighted by Gasteiger charge is -2.15. The van der Waals surface area contributed by atoms with Gasteiger partial charge in [0.1, 0.15) is 11.6 Å². The highest BCUT2D eigenvalue weighted by molar-refractivity contribution is 6.39. The van der Waals surface area contributed by atoms with E-state index in [1.54, 1.807) is 6.07 Å². The largest absolute Gasteiger partial charge is 0.449 e. The smallest absolute Gasteiger partial charge is 0.341 e. The Labute approximate surface area is 146 Å². The third kappa shape index (κ3) is 4.21. The fraction of sp³-hybridized carbons (Fsp3) is 0.125. The molecule has 2 aromatic rings. The van der Waals surface area contributed by atoms with Gasteiger partial charge in [0.25, 0.3) is 5.91 Å². The molecule has 0 aliphatic heterocycles. The number of carbonyl (C=O) groups is 2. The third-order valence-electron chi connectivity index (χ3n) is 3.01. The molecule has 24 heavy (non-hydrogen) atoms. The zero-order valence-electron chi connectivity index (χ0n) is 12.3. The predicted molar refractivity (Wildman–Crippen MR) is 86.3 cm³/mol. The van der Waals surface area contributed by atoms with Crippen molar-refractivity contribution in [3.8, 4) is 0 Å². The van der Waals surface area contributed by atoms with E-state index in [9.17, 15) is 18.4 Å². The lowest BCUT2D eigenvalue weighted by Crippen LogP contribution is -2.30. The molecular weight excluding hydrogens is 363 g/mol. The van der Waals surface area contributed by atoms with Crippen molar-refractivity contribution in [3.63, 3.8) is 0 Å². The molecule has 0 saturated carbocycles. The molecule has 0 aliphatic carbocycles. The molecule has 1 unspecified atom stereocenters. The van der Waals surface area contributed by atoms with E-state index in [4.69, 9.17) is 27.9 Å². The second-order valence-electron chi connectivity index (χ2n) is 4.76. The minimum absolute atomic E-state index is 0.0660. The fourth-order valence-corrected chi connectivity index (χ4v) is 2.35. The minimum Gasteiger partial charge on any atom is -0.449 e. The molecule has 1 atom stereocenters. The second-order valence-corrected chi connectivity index (χ2v) is 5.57. The van der Waals surface area contributed by atoms with E-state index in [1.807, 2.05) is 0 Å². The Morgan fingerprint density at radius 1 is 1.12 bits per heavy atom. The average molecular weight is 374 g/mol. The van der Waals surface area contributed by atoms with E-state index in [0.717, 1.165) is 18.2 Å². The molecule has 0 aromatic heterocycles. The van der Waals surface area contributed by atoms with Gasteiger partial charge in [-0.3, -0.25) is 4.79 Å². The highest BCUT2D eigenvalue weighted by Crippen LogP contribution is 2.25. The van der Waals surface area contributed by atoms with Crippen LogP contribution < -0.4 is 5.32 Å². The zero-order chi connectivity index (χ0) is 17.9. The topological polar surface area (TPSA) is 55.4 Å². The van der Waals surface area contributed by atoms with Crippen molar-refractivity contribution >= 4 is 40.8 Å². The second kappa shape index (κ2) is 7.59. The zero-order valence-corrected chi connectivity index (χ0v) is 13.8. The van der Waals surface area contributed by atoms with Gasteiger partial charge in [-0.1, -0.05) is 29.3 Å². The van der Waals surface area contributed by atoms with Crippen LogP contribution in [0.1, 0.15) is 17.3 Å². The number of hydrogen-bond donors (Lipinski definition) is 1. The first kappa shape index (κ1) is 18.2. The van der Waals surface area contributed by atoms with Gasteiger partial charge < -0.3 is 10.1 Å². The third-order valence-corrected chi connectivity index (χ3v) is 3.64. The van der Waals surface area contributed by atoms with Gasteiger partial charge in [0.2, 0.25) is 0 Å². The molecule has 0 spiro atoms. The summed E-state index contributed by atoms with van der Waals surface area (Å²) in [5.74, 6) is -3.29. The van der Waals surface area contributed by atoms with Gasteiger partial charge in [-0.05, 0) is 31.2 Å². The lowest BCUT2D eigenvalue weighted by molar-refractivity contribution is -0.123. The standard InChI is InChI=1S/C16H11Cl2F2NO3/c1-8(15(22)21-13-7-9(19)5-6-12(13)20)24-16(23)14-10(17)3-2-4-11(14)18/h2-8H,1H3,(H,21,22). The van der Waals surface area contributed by atoms with E-state index in [0.29, 0.717) is 0 Å². The molecule has 126 valence electrons. The van der Waals surface area contributed by atoms with Crippen LogP contribution in [0.3, 0.4) is 0 Å². The van der Waals surface area contributed by atoms with Crippen molar-refractivity contribution in [1.82, 2.24) is 0 Å². The first-order chi connectivity index (χ1) is 11.3. The molecule has 2 rings (SSSR count). The summed E-state index contributed by atoms with van der Waals surface area (Å²) in [7, 11) is 0. The summed E-state index contributed by atoms with van der Waals surface area (Å²) >= 11 is 11.8. The molecule has 2 aromatic carbocycles. The van der Waals surface area contributed by atoms with E-state index >= 15 is 0 Å². The predicted octanol–water partition coefficient (Wildman–Crippen LogP) is 4.46. The van der Waals surface area contributed by atoms with Crippen LogP contribution in [0.15, 0.2) is 36.4 Å².